The van der Waals surface area contributed by atoms with Crippen LogP contribution in [0.25, 0.3) is 11.4 Å². The van der Waals surface area contributed by atoms with Crippen LogP contribution in [-0.2, 0) is 4.79 Å². The van der Waals surface area contributed by atoms with Crippen molar-refractivity contribution in [2.75, 3.05) is 0 Å². The Morgan fingerprint density at radius 1 is 1.27 bits per heavy atom. The number of carbonyl (C=O) groups excluding carboxylic acids is 1. The third-order valence-electron chi connectivity index (χ3n) is 3.02. The van der Waals surface area contributed by atoms with Crippen LogP contribution in [0.15, 0.2) is 29.0 Å². The average molecular weight is 326 g/mol. The molecule has 1 amide bonds. The zero-order valence-corrected chi connectivity index (χ0v) is 13.5. The van der Waals surface area contributed by atoms with E-state index in [2.05, 4.69) is 20.4 Å². The van der Waals surface area contributed by atoms with Gasteiger partial charge in [0.25, 0.3) is 0 Å². The van der Waals surface area contributed by atoms with Gasteiger partial charge in [-0.05, 0) is 25.0 Å². The molecule has 2 aromatic heterocycles. The van der Waals surface area contributed by atoms with Gasteiger partial charge in [0.1, 0.15) is 6.04 Å². The molecule has 0 saturated carbocycles. The molecular formula is C14H20ClN5O2. The molecule has 0 saturated heterocycles. The molecule has 0 radical (unpaired) electrons. The van der Waals surface area contributed by atoms with Gasteiger partial charge in [0.05, 0.1) is 6.04 Å². The summed E-state index contributed by atoms with van der Waals surface area (Å²) in [6.07, 6.45) is 3.31. The van der Waals surface area contributed by atoms with Gasteiger partial charge < -0.3 is 15.6 Å². The van der Waals surface area contributed by atoms with E-state index in [4.69, 9.17) is 10.3 Å². The first-order valence-corrected chi connectivity index (χ1v) is 6.79. The van der Waals surface area contributed by atoms with E-state index in [1.807, 2.05) is 13.8 Å². The summed E-state index contributed by atoms with van der Waals surface area (Å²) in [7, 11) is 0. The fourth-order valence-corrected chi connectivity index (χ4v) is 1.78. The van der Waals surface area contributed by atoms with Crippen molar-refractivity contribution in [2.45, 2.75) is 32.9 Å². The second kappa shape index (κ2) is 7.86. The van der Waals surface area contributed by atoms with Crippen LogP contribution in [0.1, 0.15) is 32.7 Å². The first-order chi connectivity index (χ1) is 9.99. The fraction of sp³-hybridized carbons (Fsp3) is 0.429. The Morgan fingerprint density at radius 2 is 1.91 bits per heavy atom. The number of carbonyl (C=O) groups is 1. The van der Waals surface area contributed by atoms with Gasteiger partial charge in [0.15, 0.2) is 0 Å². The number of nitrogens with zero attached hydrogens (tertiary/aromatic N) is 3. The number of hydrogen-bond donors (Lipinski definition) is 2. The van der Waals surface area contributed by atoms with Crippen LogP contribution in [0.3, 0.4) is 0 Å². The summed E-state index contributed by atoms with van der Waals surface area (Å²) < 4.78 is 5.29. The van der Waals surface area contributed by atoms with Crippen molar-refractivity contribution in [3.63, 3.8) is 0 Å². The van der Waals surface area contributed by atoms with Crippen molar-refractivity contribution in [2.24, 2.45) is 11.7 Å². The Hall–Kier alpha value is -1.99. The summed E-state index contributed by atoms with van der Waals surface area (Å²) in [6, 6.07) is 2.62. The predicted molar refractivity (Wildman–Crippen MR) is 84.1 cm³/mol. The molecule has 8 heteroatoms. The Balaban J connectivity index is 0.00000242. The van der Waals surface area contributed by atoms with E-state index in [0.717, 1.165) is 5.56 Å². The zero-order chi connectivity index (χ0) is 15.4. The lowest BCUT2D eigenvalue weighted by atomic mass is 10.0. The summed E-state index contributed by atoms with van der Waals surface area (Å²) in [5, 5.41) is 6.77. The number of nitrogens with one attached hydrogen (secondary N) is 1. The van der Waals surface area contributed by atoms with Crippen molar-refractivity contribution in [3.05, 3.63) is 30.4 Å². The van der Waals surface area contributed by atoms with Crippen LogP contribution >= 0.6 is 12.4 Å². The fourth-order valence-electron chi connectivity index (χ4n) is 1.78. The number of nitrogens with two attached hydrogens (primary N) is 1. The first-order valence-electron chi connectivity index (χ1n) is 6.79. The van der Waals surface area contributed by atoms with E-state index in [-0.39, 0.29) is 30.3 Å². The summed E-state index contributed by atoms with van der Waals surface area (Å²) in [6.45, 7) is 5.55. The maximum absolute atomic E-state index is 11.8. The molecule has 0 aromatic carbocycles. The van der Waals surface area contributed by atoms with Gasteiger partial charge in [-0.2, -0.15) is 4.98 Å². The van der Waals surface area contributed by atoms with Gasteiger partial charge in [0.2, 0.25) is 17.6 Å². The van der Waals surface area contributed by atoms with Gasteiger partial charge in [-0.25, -0.2) is 0 Å². The van der Waals surface area contributed by atoms with Gasteiger partial charge in [-0.3, -0.25) is 9.78 Å². The summed E-state index contributed by atoms with van der Waals surface area (Å²) >= 11 is 0. The molecule has 7 nitrogen and oxygen atoms in total. The van der Waals surface area contributed by atoms with Gasteiger partial charge >= 0.3 is 0 Å². The Bertz CT molecular complexity index is 600. The molecule has 0 aliphatic carbocycles. The summed E-state index contributed by atoms with van der Waals surface area (Å²) in [4.78, 5) is 20.1. The molecule has 2 aromatic rings. The first kappa shape index (κ1) is 18.1. The lowest BCUT2D eigenvalue weighted by Gasteiger charge is -2.19. The third kappa shape index (κ3) is 4.25. The van der Waals surface area contributed by atoms with E-state index < -0.39 is 6.04 Å². The second-order valence-corrected chi connectivity index (χ2v) is 5.21. The molecule has 2 rings (SSSR count). The van der Waals surface area contributed by atoms with Gasteiger partial charge in [-0.1, -0.05) is 19.0 Å². The number of amides is 1. The molecule has 2 heterocycles. The molecule has 0 aliphatic rings. The summed E-state index contributed by atoms with van der Waals surface area (Å²) in [5.74, 6) is 0.676. The van der Waals surface area contributed by atoms with Gasteiger partial charge in [0, 0.05) is 18.0 Å². The number of pyridine rings is 1. The SMILES string of the molecule is CC(C)C(NC(=O)[C@@H](C)N)c1nc(-c2ccncc2)no1.Cl. The normalized spacial score (nSPS) is 13.3. The van der Waals surface area contributed by atoms with Crippen LogP contribution in [-0.4, -0.2) is 27.1 Å². The van der Waals surface area contributed by atoms with Crippen molar-refractivity contribution in [3.8, 4) is 11.4 Å². The minimum Gasteiger partial charge on any atom is -0.343 e. The lowest BCUT2D eigenvalue weighted by molar-refractivity contribution is -0.123. The highest BCUT2D eigenvalue weighted by Gasteiger charge is 2.25. The van der Waals surface area contributed by atoms with E-state index >= 15 is 0 Å². The smallest absolute Gasteiger partial charge is 0.249 e. The maximum atomic E-state index is 11.8. The Kier molecular flexibility index (Phi) is 6.45. The Morgan fingerprint density at radius 3 is 2.45 bits per heavy atom. The van der Waals surface area contributed by atoms with Crippen LogP contribution in [0, 0.1) is 5.92 Å². The second-order valence-electron chi connectivity index (χ2n) is 5.21. The Labute approximate surface area is 135 Å². The molecule has 2 atom stereocenters. The maximum Gasteiger partial charge on any atom is 0.249 e. The molecule has 120 valence electrons. The van der Waals surface area contributed by atoms with Crippen molar-refractivity contribution in [1.82, 2.24) is 20.4 Å². The van der Waals surface area contributed by atoms with E-state index in [0.29, 0.717) is 11.7 Å². The van der Waals surface area contributed by atoms with Crippen LogP contribution < -0.4 is 11.1 Å². The summed E-state index contributed by atoms with van der Waals surface area (Å²) in [5.41, 5.74) is 6.38. The van der Waals surface area contributed by atoms with E-state index in [1.54, 1.807) is 31.5 Å². The monoisotopic (exact) mass is 325 g/mol. The number of rotatable bonds is 5. The lowest BCUT2D eigenvalue weighted by Crippen LogP contribution is -2.41. The zero-order valence-electron chi connectivity index (χ0n) is 12.7. The minimum absolute atomic E-state index is 0. The molecule has 0 spiro atoms. The highest BCUT2D eigenvalue weighted by atomic mass is 35.5. The van der Waals surface area contributed by atoms with E-state index in [9.17, 15) is 4.79 Å². The molecule has 0 fully saturated rings. The predicted octanol–water partition coefficient (Wildman–Crippen LogP) is 1.71. The number of hydrogen-bond acceptors (Lipinski definition) is 6. The highest BCUT2D eigenvalue weighted by Crippen LogP contribution is 2.23. The molecule has 0 aliphatic heterocycles. The molecule has 1 unspecified atom stereocenters. The minimum atomic E-state index is -0.589. The molecule has 0 bridgehead atoms. The van der Waals surface area contributed by atoms with E-state index in [1.165, 1.54) is 0 Å². The number of aromatic nitrogens is 3. The average Bonchev–Trinajstić information content (AvgIpc) is 2.94. The quantitative estimate of drug-likeness (QED) is 0.866. The number of halogens is 1. The van der Waals surface area contributed by atoms with Gasteiger partial charge in [-0.15, -0.1) is 12.4 Å². The van der Waals surface area contributed by atoms with Crippen molar-refractivity contribution in [1.29, 1.82) is 0 Å². The van der Waals surface area contributed by atoms with Crippen LogP contribution in [0.4, 0.5) is 0 Å². The topological polar surface area (TPSA) is 107 Å². The standard InChI is InChI=1S/C14H19N5O2.ClH/c1-8(2)11(17-13(20)9(3)15)14-18-12(19-21-14)10-4-6-16-7-5-10;/h4-9,11H,15H2,1-3H3,(H,17,20);1H/t9-,11?;/m1./s1. The molecule has 22 heavy (non-hydrogen) atoms. The van der Waals surface area contributed by atoms with Crippen molar-refractivity contribution >= 4 is 18.3 Å². The van der Waals surface area contributed by atoms with Crippen LogP contribution in [0.2, 0.25) is 0 Å². The van der Waals surface area contributed by atoms with Crippen molar-refractivity contribution < 1.29 is 9.32 Å². The van der Waals surface area contributed by atoms with Crippen LogP contribution in [0.5, 0.6) is 0 Å². The third-order valence-corrected chi connectivity index (χ3v) is 3.02. The largest absolute Gasteiger partial charge is 0.343 e. The molecule has 3 N–H and O–H groups in total. The molecular weight excluding hydrogens is 306 g/mol. The highest BCUT2D eigenvalue weighted by molar-refractivity contribution is 5.85.